The maximum Gasteiger partial charge on any atom is 0.119 e. The van der Waals surface area contributed by atoms with Crippen molar-refractivity contribution >= 4 is 0 Å². The highest BCUT2D eigenvalue weighted by Crippen LogP contribution is 2.21. The number of hydrogen-bond acceptors (Lipinski definition) is 2. The number of aromatic nitrogens is 1. The third kappa shape index (κ3) is 2.34. The van der Waals surface area contributed by atoms with Gasteiger partial charge in [-0.1, -0.05) is 18.2 Å². The smallest absolute Gasteiger partial charge is 0.119 e. The van der Waals surface area contributed by atoms with Gasteiger partial charge in [0.25, 0.3) is 0 Å². The molecule has 0 fully saturated rings. The minimum Gasteiger partial charge on any atom is -0.494 e. The summed E-state index contributed by atoms with van der Waals surface area (Å²) in [6.45, 7) is 2.67. The maximum absolute atomic E-state index is 5.44. The van der Waals surface area contributed by atoms with E-state index in [1.807, 2.05) is 49.4 Å². The van der Waals surface area contributed by atoms with Crippen molar-refractivity contribution in [2.75, 3.05) is 6.61 Å². The van der Waals surface area contributed by atoms with Gasteiger partial charge in [0.05, 0.1) is 12.3 Å². The quantitative estimate of drug-likeness (QED) is 0.757. The van der Waals surface area contributed by atoms with E-state index >= 15 is 0 Å². The van der Waals surface area contributed by atoms with E-state index in [-0.39, 0.29) is 0 Å². The van der Waals surface area contributed by atoms with E-state index in [2.05, 4.69) is 4.98 Å². The first-order valence-corrected chi connectivity index (χ1v) is 5.04. The molecule has 0 radical (unpaired) electrons. The normalized spacial score (nSPS) is 9.93. The fourth-order valence-corrected chi connectivity index (χ4v) is 1.45. The van der Waals surface area contributed by atoms with Gasteiger partial charge in [0, 0.05) is 11.8 Å². The molecular weight excluding hydrogens is 186 g/mol. The summed E-state index contributed by atoms with van der Waals surface area (Å²) >= 11 is 0. The van der Waals surface area contributed by atoms with Gasteiger partial charge in [0.2, 0.25) is 0 Å². The second kappa shape index (κ2) is 4.60. The van der Waals surface area contributed by atoms with Crippen LogP contribution in [0.1, 0.15) is 6.92 Å². The van der Waals surface area contributed by atoms with Crippen LogP contribution in [-0.4, -0.2) is 11.6 Å². The average molecular weight is 199 g/mol. The Bertz CT molecular complexity index is 426. The first-order valence-electron chi connectivity index (χ1n) is 5.04. The van der Waals surface area contributed by atoms with Gasteiger partial charge in [-0.25, -0.2) is 0 Å². The van der Waals surface area contributed by atoms with E-state index in [9.17, 15) is 0 Å². The van der Waals surface area contributed by atoms with Crippen molar-refractivity contribution < 1.29 is 4.74 Å². The van der Waals surface area contributed by atoms with Crippen LogP contribution in [0.25, 0.3) is 11.3 Å². The summed E-state index contributed by atoms with van der Waals surface area (Å²) in [5, 5.41) is 0. The van der Waals surface area contributed by atoms with Crippen LogP contribution in [0, 0.1) is 0 Å². The minimum absolute atomic E-state index is 0.686. The molecule has 0 bridgehead atoms. The topological polar surface area (TPSA) is 22.1 Å². The van der Waals surface area contributed by atoms with E-state index in [1.54, 1.807) is 6.20 Å². The highest BCUT2D eigenvalue weighted by atomic mass is 16.5. The second-order valence-corrected chi connectivity index (χ2v) is 3.18. The van der Waals surface area contributed by atoms with Crippen molar-refractivity contribution in [3.8, 4) is 17.0 Å². The van der Waals surface area contributed by atoms with E-state index < -0.39 is 0 Å². The number of hydrogen-bond donors (Lipinski definition) is 0. The summed E-state index contributed by atoms with van der Waals surface area (Å²) in [6, 6.07) is 13.9. The molecular formula is C13H13NO. The number of rotatable bonds is 3. The molecule has 0 spiro atoms. The van der Waals surface area contributed by atoms with Crippen molar-refractivity contribution in [3.05, 3.63) is 48.7 Å². The van der Waals surface area contributed by atoms with Crippen molar-refractivity contribution in [1.29, 1.82) is 0 Å². The zero-order valence-corrected chi connectivity index (χ0v) is 8.68. The molecule has 1 aromatic carbocycles. The summed E-state index contributed by atoms with van der Waals surface area (Å²) in [7, 11) is 0. The van der Waals surface area contributed by atoms with Gasteiger partial charge < -0.3 is 4.74 Å². The molecule has 0 aliphatic carbocycles. The third-order valence-electron chi connectivity index (χ3n) is 2.11. The van der Waals surface area contributed by atoms with Gasteiger partial charge in [0.15, 0.2) is 0 Å². The summed E-state index contributed by atoms with van der Waals surface area (Å²) in [4.78, 5) is 4.29. The molecule has 0 N–H and O–H groups in total. The first kappa shape index (κ1) is 9.71. The lowest BCUT2D eigenvalue weighted by molar-refractivity contribution is 0.340. The highest BCUT2D eigenvalue weighted by molar-refractivity contribution is 5.60. The molecule has 0 saturated heterocycles. The fourth-order valence-electron chi connectivity index (χ4n) is 1.45. The summed E-state index contributed by atoms with van der Waals surface area (Å²) in [5.74, 6) is 0.889. The number of ether oxygens (including phenoxy) is 1. The van der Waals surface area contributed by atoms with Crippen LogP contribution in [-0.2, 0) is 0 Å². The van der Waals surface area contributed by atoms with Crippen LogP contribution in [0.2, 0.25) is 0 Å². The Morgan fingerprint density at radius 2 is 2.07 bits per heavy atom. The Morgan fingerprint density at radius 3 is 2.80 bits per heavy atom. The van der Waals surface area contributed by atoms with Gasteiger partial charge >= 0.3 is 0 Å². The van der Waals surface area contributed by atoms with Crippen molar-refractivity contribution in [1.82, 2.24) is 4.98 Å². The monoisotopic (exact) mass is 199 g/mol. The molecule has 1 heterocycles. The molecule has 0 aliphatic heterocycles. The summed E-state index contributed by atoms with van der Waals surface area (Å²) in [5.41, 5.74) is 2.06. The van der Waals surface area contributed by atoms with Crippen LogP contribution < -0.4 is 4.74 Å². The van der Waals surface area contributed by atoms with Crippen molar-refractivity contribution in [2.45, 2.75) is 6.92 Å². The van der Waals surface area contributed by atoms with Crippen LogP contribution in [0.5, 0.6) is 5.75 Å². The van der Waals surface area contributed by atoms with Gasteiger partial charge in [-0.2, -0.15) is 0 Å². The minimum atomic E-state index is 0.686. The highest BCUT2D eigenvalue weighted by Gasteiger charge is 1.99. The van der Waals surface area contributed by atoms with E-state index in [0.717, 1.165) is 17.0 Å². The Balaban J connectivity index is 2.33. The van der Waals surface area contributed by atoms with E-state index in [0.29, 0.717) is 6.61 Å². The van der Waals surface area contributed by atoms with Gasteiger partial charge in [-0.15, -0.1) is 0 Å². The molecule has 1 aromatic heterocycles. The van der Waals surface area contributed by atoms with E-state index in [4.69, 9.17) is 4.74 Å². The lowest BCUT2D eigenvalue weighted by Crippen LogP contribution is -1.91. The first-order chi connectivity index (χ1) is 7.40. The van der Waals surface area contributed by atoms with Crippen molar-refractivity contribution in [3.63, 3.8) is 0 Å². The Kier molecular flexibility index (Phi) is 2.98. The molecule has 2 rings (SSSR count). The molecule has 2 nitrogen and oxygen atoms in total. The zero-order valence-electron chi connectivity index (χ0n) is 8.68. The SMILES string of the molecule is CCOc1cccc(-c2ccccn2)c1. The van der Waals surface area contributed by atoms with Crippen LogP contribution >= 0.6 is 0 Å². The standard InChI is InChI=1S/C13H13NO/c1-2-15-12-7-5-6-11(10-12)13-8-3-4-9-14-13/h3-10H,2H2,1H3. The molecule has 0 aliphatic rings. The summed E-state index contributed by atoms with van der Waals surface area (Å²) in [6.07, 6.45) is 1.79. The van der Waals surface area contributed by atoms with Gasteiger partial charge in [-0.05, 0) is 31.2 Å². The van der Waals surface area contributed by atoms with Gasteiger partial charge in [0.1, 0.15) is 5.75 Å². The third-order valence-corrected chi connectivity index (χ3v) is 2.11. The molecule has 0 amide bonds. The average Bonchev–Trinajstić information content (AvgIpc) is 2.31. The number of nitrogens with zero attached hydrogens (tertiary/aromatic N) is 1. The fraction of sp³-hybridized carbons (Fsp3) is 0.154. The van der Waals surface area contributed by atoms with E-state index in [1.165, 1.54) is 0 Å². The Morgan fingerprint density at radius 1 is 1.13 bits per heavy atom. The van der Waals surface area contributed by atoms with Gasteiger partial charge in [-0.3, -0.25) is 4.98 Å². The van der Waals surface area contributed by atoms with Crippen molar-refractivity contribution in [2.24, 2.45) is 0 Å². The number of benzene rings is 1. The predicted octanol–water partition coefficient (Wildman–Crippen LogP) is 3.15. The Labute approximate surface area is 89.6 Å². The maximum atomic E-state index is 5.44. The molecule has 76 valence electrons. The Hall–Kier alpha value is -1.83. The number of pyridine rings is 1. The lowest BCUT2D eigenvalue weighted by Gasteiger charge is -2.05. The molecule has 0 unspecified atom stereocenters. The lowest BCUT2D eigenvalue weighted by atomic mass is 10.1. The van der Waals surface area contributed by atoms with Crippen LogP contribution in [0.15, 0.2) is 48.7 Å². The largest absolute Gasteiger partial charge is 0.494 e. The predicted molar refractivity (Wildman–Crippen MR) is 60.8 cm³/mol. The zero-order chi connectivity index (χ0) is 10.5. The molecule has 0 atom stereocenters. The molecule has 0 saturated carbocycles. The molecule has 2 heteroatoms. The summed E-state index contributed by atoms with van der Waals surface area (Å²) < 4.78 is 5.44. The van der Waals surface area contributed by atoms with Crippen LogP contribution in [0.4, 0.5) is 0 Å². The molecule has 2 aromatic rings. The molecule has 15 heavy (non-hydrogen) atoms. The van der Waals surface area contributed by atoms with Crippen LogP contribution in [0.3, 0.4) is 0 Å². The second-order valence-electron chi connectivity index (χ2n) is 3.18.